The summed E-state index contributed by atoms with van der Waals surface area (Å²) in [7, 11) is 0. The zero-order chi connectivity index (χ0) is 16.2. The van der Waals surface area contributed by atoms with Crippen molar-refractivity contribution in [3.8, 4) is 10.6 Å². The number of nitrogens with one attached hydrogen (secondary N) is 1. The molecule has 0 unspecified atom stereocenters. The number of nitrogens with zero attached hydrogens (tertiary/aromatic N) is 3. The molecule has 0 bridgehead atoms. The average Bonchev–Trinajstić information content (AvgIpc) is 3.03. The van der Waals surface area contributed by atoms with Crippen molar-refractivity contribution in [3.63, 3.8) is 0 Å². The van der Waals surface area contributed by atoms with Gasteiger partial charge in [0.15, 0.2) is 0 Å². The van der Waals surface area contributed by atoms with Crippen LogP contribution in [0, 0.1) is 6.92 Å². The summed E-state index contributed by atoms with van der Waals surface area (Å²) in [5.74, 6) is 0.141. The maximum Gasteiger partial charge on any atom is 0.254 e. The van der Waals surface area contributed by atoms with E-state index in [1.54, 1.807) is 6.07 Å². The zero-order valence-electron chi connectivity index (χ0n) is 12.4. The third kappa shape index (κ3) is 3.70. The second kappa shape index (κ2) is 6.53. The summed E-state index contributed by atoms with van der Waals surface area (Å²) in [6, 6.07) is 10.6. The number of thiophene rings is 1. The molecule has 0 aliphatic carbocycles. The molecule has 1 N–H and O–H groups in total. The van der Waals surface area contributed by atoms with Crippen molar-refractivity contribution >= 4 is 23.1 Å². The summed E-state index contributed by atoms with van der Waals surface area (Å²) in [6.45, 7) is 1.74. The van der Waals surface area contributed by atoms with Crippen LogP contribution in [-0.4, -0.2) is 20.4 Å². The first kappa shape index (κ1) is 15.1. The molecule has 0 aliphatic rings. The minimum atomic E-state index is -0.323. The molecule has 0 fully saturated rings. The fourth-order valence-electron chi connectivity index (χ4n) is 2.05. The number of aromatic nitrogens is 3. The van der Waals surface area contributed by atoms with Gasteiger partial charge in [0.1, 0.15) is 12.4 Å². The molecular formula is C16H14N4O2S. The van der Waals surface area contributed by atoms with Gasteiger partial charge in [-0.15, -0.1) is 11.3 Å². The Balaban J connectivity index is 1.73. The number of amides is 1. The van der Waals surface area contributed by atoms with Gasteiger partial charge in [0, 0.05) is 11.8 Å². The Labute approximate surface area is 136 Å². The quantitative estimate of drug-likeness (QED) is 0.798. The molecule has 3 heterocycles. The number of pyridine rings is 1. The van der Waals surface area contributed by atoms with Crippen LogP contribution in [0.15, 0.2) is 52.9 Å². The van der Waals surface area contributed by atoms with Crippen LogP contribution >= 0.6 is 11.3 Å². The number of carbonyl (C=O) groups is 1. The molecule has 23 heavy (non-hydrogen) atoms. The lowest BCUT2D eigenvalue weighted by atomic mass is 10.3. The summed E-state index contributed by atoms with van der Waals surface area (Å²) in [6.07, 6.45) is 1.39. The van der Waals surface area contributed by atoms with Crippen LogP contribution in [-0.2, 0) is 11.3 Å². The summed E-state index contributed by atoms with van der Waals surface area (Å²) in [5.41, 5.74) is 1.15. The Kier molecular flexibility index (Phi) is 4.29. The van der Waals surface area contributed by atoms with Crippen molar-refractivity contribution in [1.29, 1.82) is 0 Å². The smallest absolute Gasteiger partial charge is 0.254 e. The Morgan fingerprint density at radius 2 is 2.17 bits per heavy atom. The van der Waals surface area contributed by atoms with E-state index in [2.05, 4.69) is 15.3 Å². The maximum absolute atomic E-state index is 12.1. The normalized spacial score (nSPS) is 10.5. The zero-order valence-corrected chi connectivity index (χ0v) is 13.2. The van der Waals surface area contributed by atoms with Gasteiger partial charge in [-0.3, -0.25) is 14.2 Å². The lowest BCUT2D eigenvalue weighted by Crippen LogP contribution is -2.27. The van der Waals surface area contributed by atoms with Crippen molar-refractivity contribution in [2.24, 2.45) is 0 Å². The molecule has 0 spiro atoms. The second-order valence-electron chi connectivity index (χ2n) is 4.93. The van der Waals surface area contributed by atoms with E-state index >= 15 is 0 Å². The number of hydrogen-bond acceptors (Lipinski definition) is 5. The highest BCUT2D eigenvalue weighted by Gasteiger charge is 2.08. The van der Waals surface area contributed by atoms with E-state index < -0.39 is 0 Å². The van der Waals surface area contributed by atoms with Gasteiger partial charge >= 0.3 is 0 Å². The summed E-state index contributed by atoms with van der Waals surface area (Å²) < 4.78 is 1.27. The van der Waals surface area contributed by atoms with Crippen molar-refractivity contribution in [2.45, 2.75) is 13.5 Å². The third-order valence-corrected chi connectivity index (χ3v) is 4.02. The molecule has 3 aromatic heterocycles. The van der Waals surface area contributed by atoms with Crippen molar-refractivity contribution in [2.75, 3.05) is 5.32 Å². The predicted octanol–water partition coefficient (Wildman–Crippen LogP) is 2.31. The van der Waals surface area contributed by atoms with Crippen LogP contribution in [0.1, 0.15) is 5.69 Å². The molecule has 1 amide bonds. The number of aryl methyl sites for hydroxylation is 1. The van der Waals surface area contributed by atoms with Gasteiger partial charge in [-0.1, -0.05) is 12.1 Å². The first-order valence-corrected chi connectivity index (χ1v) is 7.84. The van der Waals surface area contributed by atoms with Crippen LogP contribution in [0.3, 0.4) is 0 Å². The first-order chi connectivity index (χ1) is 11.1. The fourth-order valence-corrected chi connectivity index (χ4v) is 2.75. The second-order valence-corrected chi connectivity index (χ2v) is 5.88. The van der Waals surface area contributed by atoms with Gasteiger partial charge in [-0.05, 0) is 30.5 Å². The Morgan fingerprint density at radius 3 is 2.87 bits per heavy atom. The number of hydrogen-bond donors (Lipinski definition) is 1. The Hall–Kier alpha value is -2.80. The van der Waals surface area contributed by atoms with Crippen LogP contribution in [0.25, 0.3) is 10.6 Å². The lowest BCUT2D eigenvalue weighted by molar-refractivity contribution is -0.116. The van der Waals surface area contributed by atoms with Gasteiger partial charge in [0.25, 0.3) is 5.56 Å². The Bertz CT molecular complexity index is 887. The molecule has 116 valence electrons. The fraction of sp³-hybridized carbons (Fsp3) is 0.125. The van der Waals surface area contributed by atoms with E-state index in [1.807, 2.05) is 36.6 Å². The number of anilines is 1. The highest BCUT2D eigenvalue weighted by atomic mass is 32.1. The molecule has 0 radical (unpaired) electrons. The van der Waals surface area contributed by atoms with E-state index in [0.29, 0.717) is 11.5 Å². The van der Waals surface area contributed by atoms with Gasteiger partial charge in [-0.25, -0.2) is 9.97 Å². The largest absolute Gasteiger partial charge is 0.309 e. The first-order valence-electron chi connectivity index (χ1n) is 6.96. The van der Waals surface area contributed by atoms with Gasteiger partial charge in [0.2, 0.25) is 5.91 Å². The lowest BCUT2D eigenvalue weighted by Gasteiger charge is -2.07. The highest BCUT2D eigenvalue weighted by molar-refractivity contribution is 7.13. The molecule has 3 rings (SSSR count). The van der Waals surface area contributed by atoms with Crippen LogP contribution in [0.5, 0.6) is 0 Å². The third-order valence-electron chi connectivity index (χ3n) is 3.12. The van der Waals surface area contributed by atoms with Crippen LogP contribution in [0.2, 0.25) is 0 Å². The molecule has 0 saturated heterocycles. The predicted molar refractivity (Wildman–Crippen MR) is 89.4 cm³/mol. The molecule has 0 aliphatic heterocycles. The molecule has 0 saturated carbocycles. The topological polar surface area (TPSA) is 76.9 Å². The number of rotatable bonds is 4. The van der Waals surface area contributed by atoms with Crippen molar-refractivity contribution in [3.05, 3.63) is 64.2 Å². The van der Waals surface area contributed by atoms with E-state index in [4.69, 9.17) is 0 Å². The molecule has 7 heteroatoms. The summed E-state index contributed by atoms with van der Waals surface area (Å²) in [4.78, 5) is 33.5. The monoisotopic (exact) mass is 326 g/mol. The number of carbonyl (C=O) groups excluding carboxylic acids is 1. The standard InChI is InChI=1S/C16H14N4O2S/c1-11-4-2-6-14(18-11)19-15(21)9-20-10-17-12(8-16(20)22)13-5-3-7-23-13/h2-8,10H,9H2,1H3,(H,18,19,21). The van der Waals surface area contributed by atoms with E-state index in [0.717, 1.165) is 10.6 Å². The Morgan fingerprint density at radius 1 is 1.30 bits per heavy atom. The average molecular weight is 326 g/mol. The van der Waals surface area contributed by atoms with Gasteiger partial charge in [-0.2, -0.15) is 0 Å². The summed E-state index contributed by atoms with van der Waals surface area (Å²) >= 11 is 1.51. The van der Waals surface area contributed by atoms with Gasteiger partial charge < -0.3 is 5.32 Å². The van der Waals surface area contributed by atoms with Crippen molar-refractivity contribution in [1.82, 2.24) is 14.5 Å². The SMILES string of the molecule is Cc1cccc(NC(=O)Cn2cnc(-c3cccs3)cc2=O)n1. The highest BCUT2D eigenvalue weighted by Crippen LogP contribution is 2.20. The minimum Gasteiger partial charge on any atom is -0.309 e. The van der Waals surface area contributed by atoms with Crippen LogP contribution < -0.4 is 10.9 Å². The molecular weight excluding hydrogens is 312 g/mol. The van der Waals surface area contributed by atoms with Crippen molar-refractivity contribution < 1.29 is 4.79 Å². The molecule has 0 aromatic carbocycles. The summed E-state index contributed by atoms with van der Waals surface area (Å²) in [5, 5.41) is 4.59. The molecule has 6 nitrogen and oxygen atoms in total. The van der Waals surface area contributed by atoms with E-state index in [-0.39, 0.29) is 18.0 Å². The molecule has 0 atom stereocenters. The minimum absolute atomic E-state index is 0.105. The maximum atomic E-state index is 12.1. The van der Waals surface area contributed by atoms with Gasteiger partial charge in [0.05, 0.1) is 16.9 Å². The van der Waals surface area contributed by atoms with E-state index in [1.165, 1.54) is 28.3 Å². The van der Waals surface area contributed by atoms with Crippen LogP contribution in [0.4, 0.5) is 5.82 Å². The molecule has 3 aromatic rings. The van der Waals surface area contributed by atoms with E-state index in [9.17, 15) is 9.59 Å².